The molecule has 0 amide bonds. The van der Waals surface area contributed by atoms with E-state index in [-0.39, 0.29) is 0 Å². The van der Waals surface area contributed by atoms with Crippen LogP contribution >= 0.6 is 0 Å². The third-order valence-corrected chi connectivity index (χ3v) is 6.26. The van der Waals surface area contributed by atoms with E-state index in [2.05, 4.69) is 9.82 Å². The van der Waals surface area contributed by atoms with Crippen LogP contribution in [0.2, 0.25) is 0 Å². The highest BCUT2D eigenvalue weighted by Gasteiger charge is 2.22. The van der Waals surface area contributed by atoms with Crippen LogP contribution in [0.1, 0.15) is 28.9 Å². The second-order valence-electron chi connectivity index (χ2n) is 6.68. The van der Waals surface area contributed by atoms with E-state index in [0.717, 1.165) is 36.2 Å². The van der Waals surface area contributed by atoms with Gasteiger partial charge in [-0.25, -0.2) is 13.1 Å². The summed E-state index contributed by atoms with van der Waals surface area (Å²) in [6, 6.07) is 15.1. The lowest BCUT2D eigenvalue weighted by Gasteiger charge is -2.10. The number of aromatic nitrogens is 2. The Bertz CT molecular complexity index is 1070. The molecule has 134 valence electrons. The highest BCUT2D eigenvalue weighted by molar-refractivity contribution is 7.92. The molecule has 1 aliphatic rings. The Labute approximate surface area is 153 Å². The van der Waals surface area contributed by atoms with Gasteiger partial charge in [-0.2, -0.15) is 5.10 Å². The van der Waals surface area contributed by atoms with Crippen molar-refractivity contribution in [3.63, 3.8) is 0 Å². The van der Waals surface area contributed by atoms with E-state index in [1.54, 1.807) is 16.8 Å². The monoisotopic (exact) mass is 367 g/mol. The van der Waals surface area contributed by atoms with Gasteiger partial charge in [0.25, 0.3) is 10.0 Å². The van der Waals surface area contributed by atoms with Gasteiger partial charge in [0, 0.05) is 0 Å². The fourth-order valence-electron chi connectivity index (χ4n) is 3.52. The van der Waals surface area contributed by atoms with E-state index in [4.69, 9.17) is 0 Å². The van der Waals surface area contributed by atoms with Crippen LogP contribution in [0.4, 0.5) is 5.69 Å². The maximum Gasteiger partial charge on any atom is 0.262 e. The van der Waals surface area contributed by atoms with Gasteiger partial charge in [0.05, 0.1) is 27.7 Å². The number of hydrogen-bond donors (Lipinski definition) is 1. The average Bonchev–Trinajstić information content (AvgIpc) is 3.21. The lowest BCUT2D eigenvalue weighted by Crippen LogP contribution is -2.14. The number of anilines is 1. The summed E-state index contributed by atoms with van der Waals surface area (Å²) in [5, 5.41) is 4.51. The highest BCUT2D eigenvalue weighted by atomic mass is 32.2. The van der Waals surface area contributed by atoms with E-state index >= 15 is 0 Å². The van der Waals surface area contributed by atoms with E-state index in [1.165, 1.54) is 5.56 Å². The summed E-state index contributed by atoms with van der Waals surface area (Å²) < 4.78 is 30.3. The number of rotatable bonds is 4. The minimum atomic E-state index is -3.65. The van der Waals surface area contributed by atoms with Crippen molar-refractivity contribution in [1.29, 1.82) is 0 Å². The molecule has 1 heterocycles. The van der Waals surface area contributed by atoms with Crippen LogP contribution < -0.4 is 4.72 Å². The molecule has 0 unspecified atom stereocenters. The Hall–Kier alpha value is -2.60. The first kappa shape index (κ1) is 16.8. The van der Waals surface area contributed by atoms with E-state index in [9.17, 15) is 8.42 Å². The predicted molar refractivity (Wildman–Crippen MR) is 102 cm³/mol. The molecule has 4 rings (SSSR count). The molecule has 1 aromatic heterocycles. The molecule has 0 saturated carbocycles. The summed E-state index contributed by atoms with van der Waals surface area (Å²) >= 11 is 0. The van der Waals surface area contributed by atoms with Crippen molar-refractivity contribution in [1.82, 2.24) is 9.78 Å². The Kier molecular flexibility index (Phi) is 4.07. The molecule has 0 atom stereocenters. The minimum absolute atomic E-state index is 0.310. The summed E-state index contributed by atoms with van der Waals surface area (Å²) in [7, 11) is -3.65. The highest BCUT2D eigenvalue weighted by Crippen LogP contribution is 2.28. The fourth-order valence-corrected chi connectivity index (χ4v) is 4.75. The van der Waals surface area contributed by atoms with Crippen LogP contribution in [0.3, 0.4) is 0 Å². The lowest BCUT2D eigenvalue weighted by molar-refractivity contribution is 0.601. The molecule has 3 aromatic rings. The van der Waals surface area contributed by atoms with E-state index in [1.807, 2.05) is 50.2 Å². The smallest absolute Gasteiger partial charge is 0.262 e. The Morgan fingerprint density at radius 2 is 1.73 bits per heavy atom. The van der Waals surface area contributed by atoms with Crippen molar-refractivity contribution in [2.45, 2.75) is 38.0 Å². The number of benzene rings is 2. The Balaban J connectivity index is 1.70. The van der Waals surface area contributed by atoms with Gasteiger partial charge in [0.15, 0.2) is 0 Å². The zero-order chi connectivity index (χ0) is 18.3. The standard InChI is InChI=1S/C20H21N3O2S/c1-14-20(15(2)23(21-14)18-9-4-3-5-10-18)22-26(24,25)19-12-11-16-7-6-8-17(16)13-19/h3-5,9-13,22H,6-8H2,1-2H3. The molecule has 1 N–H and O–H groups in total. The van der Waals surface area contributed by atoms with E-state index in [0.29, 0.717) is 16.3 Å². The first-order valence-corrected chi connectivity index (χ1v) is 10.2. The number of fused-ring (bicyclic) bond motifs is 1. The van der Waals surface area contributed by atoms with Crippen LogP contribution in [0.25, 0.3) is 5.69 Å². The van der Waals surface area contributed by atoms with Crippen molar-refractivity contribution < 1.29 is 8.42 Å². The van der Waals surface area contributed by atoms with Crippen molar-refractivity contribution in [2.24, 2.45) is 0 Å². The number of para-hydroxylation sites is 1. The number of aryl methyl sites for hydroxylation is 3. The van der Waals surface area contributed by atoms with Crippen LogP contribution in [0.15, 0.2) is 53.4 Å². The molecule has 1 aliphatic carbocycles. The number of hydrogen-bond acceptors (Lipinski definition) is 3. The first-order chi connectivity index (χ1) is 12.5. The van der Waals surface area contributed by atoms with Gasteiger partial charge in [-0.15, -0.1) is 0 Å². The SMILES string of the molecule is Cc1nn(-c2ccccc2)c(C)c1NS(=O)(=O)c1ccc2c(c1)CCC2. The molecule has 2 aromatic carbocycles. The Morgan fingerprint density at radius 3 is 2.50 bits per heavy atom. The minimum Gasteiger partial charge on any atom is -0.276 e. The second-order valence-corrected chi connectivity index (χ2v) is 8.37. The Morgan fingerprint density at radius 1 is 1.00 bits per heavy atom. The van der Waals surface area contributed by atoms with Gasteiger partial charge in [-0.05, 0) is 68.5 Å². The molecule has 6 heteroatoms. The van der Waals surface area contributed by atoms with Gasteiger partial charge in [0.1, 0.15) is 0 Å². The molecule has 0 saturated heterocycles. The van der Waals surface area contributed by atoms with Crippen molar-refractivity contribution in [2.75, 3.05) is 4.72 Å². The van der Waals surface area contributed by atoms with Crippen LogP contribution in [-0.4, -0.2) is 18.2 Å². The van der Waals surface area contributed by atoms with Gasteiger partial charge in [-0.1, -0.05) is 24.3 Å². The van der Waals surface area contributed by atoms with Crippen LogP contribution in [-0.2, 0) is 22.9 Å². The normalized spacial score (nSPS) is 13.6. The maximum absolute atomic E-state index is 12.9. The molecule has 0 spiro atoms. The van der Waals surface area contributed by atoms with Crippen molar-refractivity contribution in [3.05, 3.63) is 71.0 Å². The molecular formula is C20H21N3O2S. The predicted octanol–water partition coefficient (Wildman–Crippen LogP) is 3.78. The fraction of sp³-hybridized carbons (Fsp3) is 0.250. The van der Waals surface area contributed by atoms with Gasteiger partial charge >= 0.3 is 0 Å². The number of nitrogens with one attached hydrogen (secondary N) is 1. The molecule has 0 aliphatic heterocycles. The van der Waals surface area contributed by atoms with Crippen molar-refractivity contribution in [3.8, 4) is 5.69 Å². The number of nitrogens with zero attached hydrogens (tertiary/aromatic N) is 2. The third-order valence-electron chi connectivity index (χ3n) is 4.91. The van der Waals surface area contributed by atoms with Crippen molar-refractivity contribution >= 4 is 15.7 Å². The molecule has 26 heavy (non-hydrogen) atoms. The maximum atomic E-state index is 12.9. The van der Waals surface area contributed by atoms with Gasteiger partial charge < -0.3 is 0 Å². The average molecular weight is 367 g/mol. The molecular weight excluding hydrogens is 346 g/mol. The summed E-state index contributed by atoms with van der Waals surface area (Å²) in [5.74, 6) is 0. The summed E-state index contributed by atoms with van der Waals surface area (Å²) in [6.45, 7) is 3.68. The van der Waals surface area contributed by atoms with Crippen LogP contribution in [0, 0.1) is 13.8 Å². The topological polar surface area (TPSA) is 64.0 Å². The summed E-state index contributed by atoms with van der Waals surface area (Å²) in [6.07, 6.45) is 3.07. The zero-order valence-corrected chi connectivity index (χ0v) is 15.7. The third kappa shape index (κ3) is 2.90. The van der Waals surface area contributed by atoms with E-state index < -0.39 is 10.0 Å². The molecule has 0 radical (unpaired) electrons. The quantitative estimate of drug-likeness (QED) is 0.763. The number of sulfonamides is 1. The van der Waals surface area contributed by atoms with Gasteiger partial charge in [0.2, 0.25) is 0 Å². The molecule has 5 nitrogen and oxygen atoms in total. The van der Waals surface area contributed by atoms with Gasteiger partial charge in [-0.3, -0.25) is 4.72 Å². The first-order valence-electron chi connectivity index (χ1n) is 8.72. The summed E-state index contributed by atoms with van der Waals surface area (Å²) in [5.41, 5.74) is 5.24. The zero-order valence-electron chi connectivity index (χ0n) is 14.9. The lowest BCUT2D eigenvalue weighted by atomic mass is 10.1. The van der Waals surface area contributed by atoms with Crippen LogP contribution in [0.5, 0.6) is 0 Å². The summed E-state index contributed by atoms with van der Waals surface area (Å²) in [4.78, 5) is 0.310. The largest absolute Gasteiger partial charge is 0.276 e. The molecule has 0 fully saturated rings. The second kappa shape index (κ2) is 6.29. The molecule has 0 bridgehead atoms.